The van der Waals surface area contributed by atoms with Gasteiger partial charge in [-0.15, -0.1) is 0 Å². The normalized spacial score (nSPS) is 25.2. The standard InChI is InChI=1S/C12H14ClNO2/c1-14-11(16)6-9(7-15)12(14)8-3-2-4-10(13)5-8/h2-5,9,12,15H,6-7H2,1H3/t9-,12-/m0/s1. The topological polar surface area (TPSA) is 40.5 Å². The molecule has 0 aliphatic carbocycles. The molecule has 3 nitrogen and oxygen atoms in total. The van der Waals surface area contributed by atoms with Crippen LogP contribution in [0.2, 0.25) is 5.02 Å². The summed E-state index contributed by atoms with van der Waals surface area (Å²) in [6, 6.07) is 7.40. The Morgan fingerprint density at radius 1 is 1.56 bits per heavy atom. The van der Waals surface area contributed by atoms with Crippen molar-refractivity contribution in [3.8, 4) is 0 Å². The first-order chi connectivity index (χ1) is 7.63. The van der Waals surface area contributed by atoms with E-state index in [1.165, 1.54) is 0 Å². The van der Waals surface area contributed by atoms with Crippen molar-refractivity contribution in [1.29, 1.82) is 0 Å². The summed E-state index contributed by atoms with van der Waals surface area (Å²) in [5, 5.41) is 9.95. The van der Waals surface area contributed by atoms with E-state index in [4.69, 9.17) is 11.6 Å². The van der Waals surface area contributed by atoms with Crippen LogP contribution in [0.5, 0.6) is 0 Å². The summed E-state index contributed by atoms with van der Waals surface area (Å²) in [7, 11) is 1.77. The molecule has 0 spiro atoms. The number of amides is 1. The molecule has 0 aromatic heterocycles. The molecule has 1 heterocycles. The molecule has 2 atom stereocenters. The minimum absolute atomic E-state index is 0.0211. The predicted molar refractivity (Wildman–Crippen MR) is 62.2 cm³/mol. The van der Waals surface area contributed by atoms with Crippen molar-refractivity contribution in [3.05, 3.63) is 34.9 Å². The second-order valence-electron chi connectivity index (χ2n) is 4.15. The Morgan fingerprint density at radius 2 is 2.31 bits per heavy atom. The molecule has 1 fully saturated rings. The SMILES string of the molecule is CN1C(=O)C[C@@H](CO)[C@@H]1c1cccc(Cl)c1. The molecule has 16 heavy (non-hydrogen) atoms. The molecule has 86 valence electrons. The Labute approximate surface area is 99.6 Å². The number of aliphatic hydroxyl groups excluding tert-OH is 1. The van der Waals surface area contributed by atoms with Gasteiger partial charge < -0.3 is 10.0 Å². The third kappa shape index (κ3) is 1.93. The lowest BCUT2D eigenvalue weighted by Gasteiger charge is -2.24. The maximum absolute atomic E-state index is 11.6. The Balaban J connectivity index is 2.34. The van der Waals surface area contributed by atoms with E-state index in [1.54, 1.807) is 18.0 Å². The van der Waals surface area contributed by atoms with Gasteiger partial charge >= 0.3 is 0 Å². The molecule has 4 heteroatoms. The van der Waals surface area contributed by atoms with Crippen molar-refractivity contribution in [3.63, 3.8) is 0 Å². The van der Waals surface area contributed by atoms with E-state index >= 15 is 0 Å². The Bertz CT molecular complexity index is 408. The number of hydrogen-bond donors (Lipinski definition) is 1. The molecule has 0 radical (unpaired) electrons. The zero-order valence-corrected chi connectivity index (χ0v) is 9.81. The molecule has 1 amide bonds. The first kappa shape index (κ1) is 11.4. The van der Waals surface area contributed by atoms with Crippen LogP contribution in [0.15, 0.2) is 24.3 Å². The van der Waals surface area contributed by atoms with Crippen LogP contribution in [0.1, 0.15) is 18.0 Å². The van der Waals surface area contributed by atoms with Crippen molar-refractivity contribution in [1.82, 2.24) is 4.90 Å². The van der Waals surface area contributed by atoms with Crippen LogP contribution in [0.4, 0.5) is 0 Å². The minimum Gasteiger partial charge on any atom is -0.396 e. The molecule has 1 N–H and O–H groups in total. The third-order valence-corrected chi connectivity index (χ3v) is 3.35. The van der Waals surface area contributed by atoms with Gasteiger partial charge in [-0.25, -0.2) is 0 Å². The lowest BCUT2D eigenvalue weighted by molar-refractivity contribution is -0.127. The molecule has 0 bridgehead atoms. The van der Waals surface area contributed by atoms with Gasteiger partial charge in [0.1, 0.15) is 0 Å². The molecular weight excluding hydrogens is 226 g/mol. The highest BCUT2D eigenvalue weighted by atomic mass is 35.5. The van der Waals surface area contributed by atoms with Crippen LogP contribution in [0, 0.1) is 5.92 Å². The summed E-state index contributed by atoms with van der Waals surface area (Å²) in [4.78, 5) is 13.3. The summed E-state index contributed by atoms with van der Waals surface area (Å²) >= 11 is 5.93. The second-order valence-corrected chi connectivity index (χ2v) is 4.59. The smallest absolute Gasteiger partial charge is 0.223 e. The highest BCUT2D eigenvalue weighted by Gasteiger charge is 2.37. The molecule has 1 aromatic rings. The van der Waals surface area contributed by atoms with Gasteiger partial charge in [-0.2, -0.15) is 0 Å². The summed E-state index contributed by atoms with van der Waals surface area (Å²) < 4.78 is 0. The minimum atomic E-state index is -0.0591. The molecule has 1 aromatic carbocycles. The Hall–Kier alpha value is -1.06. The molecule has 1 aliphatic rings. The van der Waals surface area contributed by atoms with Crippen LogP contribution in [0.3, 0.4) is 0 Å². The van der Waals surface area contributed by atoms with E-state index < -0.39 is 0 Å². The fourth-order valence-electron chi connectivity index (χ4n) is 2.30. The van der Waals surface area contributed by atoms with Crippen LogP contribution in [0.25, 0.3) is 0 Å². The highest BCUT2D eigenvalue weighted by Crippen LogP contribution is 2.37. The first-order valence-corrected chi connectivity index (χ1v) is 5.63. The zero-order valence-electron chi connectivity index (χ0n) is 9.06. The van der Waals surface area contributed by atoms with E-state index in [0.29, 0.717) is 11.4 Å². The van der Waals surface area contributed by atoms with Crippen LogP contribution in [-0.2, 0) is 4.79 Å². The van der Waals surface area contributed by atoms with Crippen molar-refractivity contribution in [2.45, 2.75) is 12.5 Å². The van der Waals surface area contributed by atoms with Gasteiger partial charge in [-0.05, 0) is 17.7 Å². The largest absolute Gasteiger partial charge is 0.396 e. The fourth-order valence-corrected chi connectivity index (χ4v) is 2.50. The predicted octanol–water partition coefficient (Wildman–Crippen LogP) is 1.85. The lowest BCUT2D eigenvalue weighted by atomic mass is 9.94. The van der Waals surface area contributed by atoms with E-state index in [9.17, 15) is 9.90 Å². The number of hydrogen-bond acceptors (Lipinski definition) is 2. The van der Waals surface area contributed by atoms with E-state index in [2.05, 4.69) is 0 Å². The zero-order chi connectivity index (χ0) is 11.7. The van der Waals surface area contributed by atoms with Crippen molar-refractivity contribution in [2.75, 3.05) is 13.7 Å². The van der Waals surface area contributed by atoms with Crippen molar-refractivity contribution in [2.24, 2.45) is 5.92 Å². The molecule has 0 saturated carbocycles. The number of carbonyl (C=O) groups is 1. The van der Waals surface area contributed by atoms with Gasteiger partial charge in [0, 0.05) is 31.0 Å². The van der Waals surface area contributed by atoms with Gasteiger partial charge in [0.05, 0.1) is 6.04 Å². The number of benzene rings is 1. The number of carbonyl (C=O) groups excluding carboxylic acids is 1. The molecule has 2 rings (SSSR count). The lowest BCUT2D eigenvalue weighted by Crippen LogP contribution is -2.25. The van der Waals surface area contributed by atoms with Crippen LogP contribution in [-0.4, -0.2) is 29.6 Å². The average Bonchev–Trinajstić information content (AvgIpc) is 2.55. The maximum Gasteiger partial charge on any atom is 0.223 e. The molecule has 1 aliphatic heterocycles. The van der Waals surface area contributed by atoms with Crippen LogP contribution >= 0.6 is 11.6 Å². The summed E-state index contributed by atoms with van der Waals surface area (Å²) in [6.07, 6.45) is 0.407. The average molecular weight is 240 g/mol. The first-order valence-electron chi connectivity index (χ1n) is 5.25. The van der Waals surface area contributed by atoms with E-state index in [0.717, 1.165) is 5.56 Å². The van der Waals surface area contributed by atoms with Gasteiger partial charge in [0.25, 0.3) is 0 Å². The summed E-state index contributed by atoms with van der Waals surface area (Å²) in [5.74, 6) is 0.0417. The number of rotatable bonds is 2. The van der Waals surface area contributed by atoms with Crippen molar-refractivity contribution < 1.29 is 9.90 Å². The van der Waals surface area contributed by atoms with Gasteiger partial charge in [0.15, 0.2) is 0 Å². The van der Waals surface area contributed by atoms with Gasteiger partial charge in [-0.3, -0.25) is 4.79 Å². The molecule has 1 saturated heterocycles. The number of nitrogens with zero attached hydrogens (tertiary/aromatic N) is 1. The Kier molecular flexibility index (Phi) is 3.17. The number of halogens is 1. The highest BCUT2D eigenvalue weighted by molar-refractivity contribution is 6.30. The molecular formula is C12H14ClNO2. The Morgan fingerprint density at radius 3 is 2.94 bits per heavy atom. The monoisotopic (exact) mass is 239 g/mol. The summed E-state index contributed by atoms with van der Waals surface area (Å²) in [5.41, 5.74) is 0.986. The molecule has 0 unspecified atom stereocenters. The maximum atomic E-state index is 11.6. The van der Waals surface area contributed by atoms with E-state index in [-0.39, 0.29) is 24.5 Å². The van der Waals surface area contributed by atoms with Gasteiger partial charge in [-0.1, -0.05) is 23.7 Å². The number of aliphatic hydroxyl groups is 1. The van der Waals surface area contributed by atoms with Crippen molar-refractivity contribution >= 4 is 17.5 Å². The number of likely N-dealkylation sites (tertiary alicyclic amines) is 1. The van der Waals surface area contributed by atoms with E-state index in [1.807, 2.05) is 18.2 Å². The van der Waals surface area contributed by atoms with Gasteiger partial charge in [0.2, 0.25) is 5.91 Å². The van der Waals surface area contributed by atoms with Crippen LogP contribution < -0.4 is 0 Å². The third-order valence-electron chi connectivity index (χ3n) is 3.12. The quantitative estimate of drug-likeness (QED) is 0.856. The second kappa shape index (κ2) is 4.44. The summed E-state index contributed by atoms with van der Waals surface area (Å²) in [6.45, 7) is 0.0211. The fraction of sp³-hybridized carbons (Fsp3) is 0.417.